The summed E-state index contributed by atoms with van der Waals surface area (Å²) in [4.78, 5) is 4.38. The molecule has 0 aliphatic rings. The van der Waals surface area contributed by atoms with Crippen LogP contribution in [0.25, 0.3) is 5.82 Å². The molecule has 3 aromatic rings. The molecule has 0 bridgehead atoms. The van der Waals surface area contributed by atoms with Gasteiger partial charge in [-0.1, -0.05) is 12.1 Å². The number of phenolic OH excluding ortho intramolecular Hbond substituents is 1. The molecule has 1 unspecified atom stereocenters. The first kappa shape index (κ1) is 13.2. The lowest BCUT2D eigenvalue weighted by Crippen LogP contribution is -2.10. The number of anilines is 1. The van der Waals surface area contributed by atoms with Gasteiger partial charge in [-0.3, -0.25) is 0 Å². The van der Waals surface area contributed by atoms with Crippen LogP contribution in [0.5, 0.6) is 5.75 Å². The van der Waals surface area contributed by atoms with Gasteiger partial charge in [0.05, 0.1) is 5.69 Å². The van der Waals surface area contributed by atoms with Crippen LogP contribution in [-0.4, -0.2) is 19.9 Å². The summed E-state index contributed by atoms with van der Waals surface area (Å²) >= 11 is 0. The Labute approximate surface area is 122 Å². The fourth-order valence-corrected chi connectivity index (χ4v) is 2.17. The predicted molar refractivity (Wildman–Crippen MR) is 81.5 cm³/mol. The number of nitrogens with zero attached hydrogens (tertiary/aromatic N) is 3. The summed E-state index contributed by atoms with van der Waals surface area (Å²) in [7, 11) is 0. The first-order chi connectivity index (χ1) is 10.2. The second-order valence-electron chi connectivity index (χ2n) is 4.78. The normalized spacial score (nSPS) is 12.0. The summed E-state index contributed by atoms with van der Waals surface area (Å²) < 4.78 is 1.73. The van der Waals surface area contributed by atoms with Crippen molar-refractivity contribution < 1.29 is 5.11 Å². The van der Waals surface area contributed by atoms with Crippen molar-refractivity contribution in [2.75, 3.05) is 5.32 Å². The highest BCUT2D eigenvalue weighted by Gasteiger charge is 2.10. The fourth-order valence-electron chi connectivity index (χ4n) is 2.17. The van der Waals surface area contributed by atoms with Crippen molar-refractivity contribution in [3.05, 3.63) is 66.6 Å². The third-order valence-electron chi connectivity index (χ3n) is 3.27. The zero-order valence-corrected chi connectivity index (χ0v) is 11.6. The lowest BCUT2D eigenvalue weighted by molar-refractivity contribution is 0.475. The predicted octanol–water partition coefficient (Wildman–Crippen LogP) is 3.15. The minimum atomic E-state index is 0.0871. The minimum Gasteiger partial charge on any atom is -0.508 e. The van der Waals surface area contributed by atoms with Gasteiger partial charge in [0.2, 0.25) is 0 Å². The summed E-state index contributed by atoms with van der Waals surface area (Å²) in [5.74, 6) is 1.03. The maximum Gasteiger partial charge on any atom is 0.176 e. The van der Waals surface area contributed by atoms with Crippen molar-refractivity contribution in [2.45, 2.75) is 13.0 Å². The van der Waals surface area contributed by atoms with Crippen LogP contribution in [0.3, 0.4) is 0 Å². The number of hydrogen-bond acceptors (Lipinski definition) is 4. The summed E-state index contributed by atoms with van der Waals surface area (Å²) in [6.45, 7) is 2.06. The van der Waals surface area contributed by atoms with Crippen LogP contribution in [0.15, 0.2) is 61.1 Å². The second kappa shape index (κ2) is 5.66. The maximum absolute atomic E-state index is 9.36. The molecular formula is C16H16N4O. The van der Waals surface area contributed by atoms with E-state index in [-0.39, 0.29) is 11.8 Å². The number of pyridine rings is 1. The number of benzene rings is 1. The van der Waals surface area contributed by atoms with Crippen molar-refractivity contribution in [3.63, 3.8) is 0 Å². The standard InChI is InChI=1S/C16H16N4O/c1-12(13-5-7-14(21)8-6-13)19-15-4-2-9-17-16(15)20-11-3-10-18-20/h2-12,19,21H,1H3. The average molecular weight is 280 g/mol. The maximum atomic E-state index is 9.36. The quantitative estimate of drug-likeness (QED) is 0.770. The highest BCUT2D eigenvalue weighted by molar-refractivity contribution is 5.57. The molecule has 2 aromatic heterocycles. The first-order valence-electron chi connectivity index (χ1n) is 6.74. The van der Waals surface area contributed by atoms with Gasteiger partial charge in [0.25, 0.3) is 0 Å². The molecule has 0 fully saturated rings. The summed E-state index contributed by atoms with van der Waals surface area (Å²) in [6.07, 6.45) is 5.33. The van der Waals surface area contributed by atoms with Crippen LogP contribution in [0.4, 0.5) is 5.69 Å². The van der Waals surface area contributed by atoms with Gasteiger partial charge in [-0.2, -0.15) is 5.10 Å². The van der Waals surface area contributed by atoms with E-state index in [1.165, 1.54) is 0 Å². The number of nitrogens with one attached hydrogen (secondary N) is 1. The van der Waals surface area contributed by atoms with E-state index >= 15 is 0 Å². The Kier molecular flexibility index (Phi) is 3.55. The molecule has 0 saturated carbocycles. The molecule has 2 heterocycles. The van der Waals surface area contributed by atoms with Crippen LogP contribution < -0.4 is 5.32 Å². The van der Waals surface area contributed by atoms with Gasteiger partial charge < -0.3 is 10.4 Å². The Morgan fingerprint density at radius 2 is 1.90 bits per heavy atom. The zero-order valence-electron chi connectivity index (χ0n) is 11.6. The van der Waals surface area contributed by atoms with Crippen molar-refractivity contribution >= 4 is 5.69 Å². The molecule has 0 amide bonds. The summed E-state index contributed by atoms with van der Waals surface area (Å²) in [5.41, 5.74) is 1.99. The van der Waals surface area contributed by atoms with E-state index in [1.807, 2.05) is 36.5 Å². The second-order valence-corrected chi connectivity index (χ2v) is 4.78. The zero-order chi connectivity index (χ0) is 14.7. The first-order valence-corrected chi connectivity index (χ1v) is 6.74. The highest BCUT2D eigenvalue weighted by atomic mass is 16.3. The molecule has 0 saturated heterocycles. The van der Waals surface area contributed by atoms with Crippen molar-refractivity contribution in [1.29, 1.82) is 0 Å². The largest absolute Gasteiger partial charge is 0.508 e. The van der Waals surface area contributed by atoms with Gasteiger partial charge in [-0.05, 0) is 42.8 Å². The van der Waals surface area contributed by atoms with E-state index < -0.39 is 0 Å². The molecule has 5 heteroatoms. The van der Waals surface area contributed by atoms with Gasteiger partial charge in [0.1, 0.15) is 5.75 Å². The lowest BCUT2D eigenvalue weighted by Gasteiger charge is -2.17. The molecule has 0 aliphatic heterocycles. The van der Waals surface area contributed by atoms with Gasteiger partial charge in [-0.15, -0.1) is 0 Å². The lowest BCUT2D eigenvalue weighted by atomic mass is 10.1. The van der Waals surface area contributed by atoms with Crippen LogP contribution >= 0.6 is 0 Å². The molecule has 106 valence electrons. The SMILES string of the molecule is CC(Nc1cccnc1-n1cccn1)c1ccc(O)cc1. The monoisotopic (exact) mass is 280 g/mol. The molecule has 2 N–H and O–H groups in total. The molecule has 0 aliphatic carbocycles. The molecule has 5 nitrogen and oxygen atoms in total. The molecule has 0 radical (unpaired) electrons. The third-order valence-corrected chi connectivity index (χ3v) is 3.27. The summed E-state index contributed by atoms with van der Waals surface area (Å²) in [5, 5.41) is 17.0. The Bertz CT molecular complexity index is 707. The molecule has 0 spiro atoms. The molecule has 3 rings (SSSR count). The Morgan fingerprint density at radius 3 is 2.62 bits per heavy atom. The van der Waals surface area contributed by atoms with Gasteiger partial charge >= 0.3 is 0 Å². The van der Waals surface area contributed by atoms with Crippen LogP contribution in [0.1, 0.15) is 18.5 Å². The van der Waals surface area contributed by atoms with Crippen molar-refractivity contribution in [2.24, 2.45) is 0 Å². The van der Waals surface area contributed by atoms with Crippen LogP contribution in [0.2, 0.25) is 0 Å². The smallest absolute Gasteiger partial charge is 0.176 e. The Morgan fingerprint density at radius 1 is 1.10 bits per heavy atom. The number of hydrogen-bond donors (Lipinski definition) is 2. The number of aromatic nitrogens is 3. The van der Waals surface area contributed by atoms with E-state index in [0.717, 1.165) is 17.1 Å². The third kappa shape index (κ3) is 2.86. The highest BCUT2D eigenvalue weighted by Crippen LogP contribution is 2.24. The molecular weight excluding hydrogens is 264 g/mol. The van der Waals surface area contributed by atoms with E-state index in [9.17, 15) is 5.11 Å². The van der Waals surface area contributed by atoms with Gasteiger partial charge in [0.15, 0.2) is 5.82 Å². The van der Waals surface area contributed by atoms with Gasteiger partial charge in [0, 0.05) is 24.6 Å². The molecule has 1 aromatic carbocycles. The number of rotatable bonds is 4. The van der Waals surface area contributed by atoms with Crippen molar-refractivity contribution in [1.82, 2.24) is 14.8 Å². The van der Waals surface area contributed by atoms with Gasteiger partial charge in [-0.25, -0.2) is 9.67 Å². The minimum absolute atomic E-state index is 0.0871. The fraction of sp³-hybridized carbons (Fsp3) is 0.125. The number of phenols is 1. The molecule has 21 heavy (non-hydrogen) atoms. The van der Waals surface area contributed by atoms with E-state index in [1.54, 1.807) is 29.2 Å². The van der Waals surface area contributed by atoms with Crippen LogP contribution in [0, 0.1) is 0 Å². The topological polar surface area (TPSA) is 63.0 Å². The van der Waals surface area contributed by atoms with E-state index in [2.05, 4.69) is 22.3 Å². The van der Waals surface area contributed by atoms with Crippen LogP contribution in [-0.2, 0) is 0 Å². The molecule has 1 atom stereocenters. The average Bonchev–Trinajstić information content (AvgIpc) is 3.02. The van der Waals surface area contributed by atoms with Crippen molar-refractivity contribution in [3.8, 4) is 11.6 Å². The van der Waals surface area contributed by atoms with E-state index in [0.29, 0.717) is 0 Å². The Hall–Kier alpha value is -2.82. The van der Waals surface area contributed by atoms with E-state index in [4.69, 9.17) is 0 Å². The Balaban J connectivity index is 1.86. The summed E-state index contributed by atoms with van der Waals surface area (Å²) in [6, 6.07) is 13.0. The number of aromatic hydroxyl groups is 1.